The quantitative estimate of drug-likeness (QED) is 0.557. The van der Waals surface area contributed by atoms with Gasteiger partial charge in [-0.15, -0.1) is 0 Å². The SMILES string of the molecule is C=C/C(=C\C)c1cccc2oc3ccccc3c12. The predicted molar refractivity (Wildman–Crippen MR) is 77.6 cm³/mol. The van der Waals surface area contributed by atoms with Gasteiger partial charge in [0, 0.05) is 10.8 Å². The standard InChI is InChI=1S/C17H14O/c1-3-12(4-2)13-9-7-11-16-17(13)14-8-5-6-10-15(14)18-16/h3-11H,1H2,2H3/b12-4+. The van der Waals surface area contributed by atoms with Crippen molar-refractivity contribution in [3.05, 3.63) is 66.8 Å². The van der Waals surface area contributed by atoms with E-state index in [9.17, 15) is 0 Å². The van der Waals surface area contributed by atoms with Crippen molar-refractivity contribution in [2.45, 2.75) is 6.92 Å². The number of hydrogen-bond acceptors (Lipinski definition) is 1. The highest BCUT2D eigenvalue weighted by molar-refractivity contribution is 6.10. The highest BCUT2D eigenvalue weighted by Gasteiger charge is 2.11. The number of fused-ring (bicyclic) bond motifs is 3. The largest absolute Gasteiger partial charge is 0.456 e. The van der Waals surface area contributed by atoms with E-state index < -0.39 is 0 Å². The number of hydrogen-bond donors (Lipinski definition) is 0. The summed E-state index contributed by atoms with van der Waals surface area (Å²) in [4.78, 5) is 0. The molecular weight excluding hydrogens is 220 g/mol. The summed E-state index contributed by atoms with van der Waals surface area (Å²) < 4.78 is 5.87. The van der Waals surface area contributed by atoms with Crippen LogP contribution < -0.4 is 0 Å². The zero-order chi connectivity index (χ0) is 12.5. The van der Waals surface area contributed by atoms with E-state index in [1.165, 1.54) is 10.9 Å². The van der Waals surface area contributed by atoms with Crippen LogP contribution in [0.2, 0.25) is 0 Å². The van der Waals surface area contributed by atoms with Crippen LogP contribution in [-0.4, -0.2) is 0 Å². The Morgan fingerprint density at radius 2 is 1.83 bits per heavy atom. The van der Waals surface area contributed by atoms with Crippen molar-refractivity contribution >= 4 is 27.5 Å². The van der Waals surface area contributed by atoms with Crippen LogP contribution in [0.15, 0.2) is 65.6 Å². The first kappa shape index (κ1) is 10.8. The molecule has 88 valence electrons. The molecule has 0 spiro atoms. The second kappa shape index (κ2) is 4.19. The third-order valence-electron chi connectivity index (χ3n) is 3.24. The van der Waals surface area contributed by atoms with E-state index in [-0.39, 0.29) is 0 Å². The van der Waals surface area contributed by atoms with E-state index in [2.05, 4.69) is 24.8 Å². The van der Waals surface area contributed by atoms with Crippen molar-refractivity contribution in [3.8, 4) is 0 Å². The molecular formula is C17H14O. The summed E-state index contributed by atoms with van der Waals surface area (Å²) in [5.74, 6) is 0. The average molecular weight is 234 g/mol. The second-order valence-electron chi connectivity index (χ2n) is 4.23. The van der Waals surface area contributed by atoms with E-state index in [1.807, 2.05) is 43.3 Å². The molecule has 1 heterocycles. The van der Waals surface area contributed by atoms with Crippen LogP contribution >= 0.6 is 0 Å². The Labute approximate surface area is 106 Å². The summed E-state index contributed by atoms with van der Waals surface area (Å²) in [6.07, 6.45) is 3.96. The molecule has 18 heavy (non-hydrogen) atoms. The molecule has 0 aliphatic carbocycles. The van der Waals surface area contributed by atoms with Gasteiger partial charge in [-0.1, -0.05) is 49.1 Å². The molecule has 0 radical (unpaired) electrons. The maximum Gasteiger partial charge on any atom is 0.136 e. The first-order valence-electron chi connectivity index (χ1n) is 6.04. The predicted octanol–water partition coefficient (Wildman–Crippen LogP) is 5.18. The van der Waals surface area contributed by atoms with Crippen molar-refractivity contribution in [1.29, 1.82) is 0 Å². The molecule has 0 unspecified atom stereocenters. The van der Waals surface area contributed by atoms with Crippen LogP contribution in [-0.2, 0) is 0 Å². The minimum absolute atomic E-state index is 0.926. The fourth-order valence-corrected chi connectivity index (χ4v) is 2.40. The molecule has 0 saturated heterocycles. The molecule has 1 nitrogen and oxygen atoms in total. The molecule has 1 heteroatoms. The number of benzene rings is 2. The summed E-state index contributed by atoms with van der Waals surface area (Å²) in [6, 6.07) is 14.3. The number of para-hydroxylation sites is 1. The Morgan fingerprint density at radius 3 is 2.61 bits per heavy atom. The molecule has 0 N–H and O–H groups in total. The van der Waals surface area contributed by atoms with Gasteiger partial charge >= 0.3 is 0 Å². The van der Waals surface area contributed by atoms with Crippen LogP contribution in [0.4, 0.5) is 0 Å². The van der Waals surface area contributed by atoms with Crippen LogP contribution in [0.3, 0.4) is 0 Å². The van der Waals surface area contributed by atoms with Gasteiger partial charge in [0.2, 0.25) is 0 Å². The van der Waals surface area contributed by atoms with Gasteiger partial charge in [-0.05, 0) is 30.2 Å². The van der Waals surface area contributed by atoms with E-state index in [0.717, 1.165) is 22.1 Å². The van der Waals surface area contributed by atoms with Gasteiger partial charge < -0.3 is 4.42 Å². The van der Waals surface area contributed by atoms with E-state index in [0.29, 0.717) is 0 Å². The summed E-state index contributed by atoms with van der Waals surface area (Å²) in [6.45, 7) is 5.91. The highest BCUT2D eigenvalue weighted by Crippen LogP contribution is 2.34. The molecule has 0 amide bonds. The Balaban J connectivity index is 2.49. The number of rotatable bonds is 2. The zero-order valence-corrected chi connectivity index (χ0v) is 10.3. The molecule has 0 atom stereocenters. The van der Waals surface area contributed by atoms with Crippen LogP contribution in [0.1, 0.15) is 12.5 Å². The smallest absolute Gasteiger partial charge is 0.136 e. The molecule has 2 aromatic carbocycles. The highest BCUT2D eigenvalue weighted by atomic mass is 16.3. The van der Waals surface area contributed by atoms with Gasteiger partial charge in [-0.25, -0.2) is 0 Å². The maximum absolute atomic E-state index is 5.87. The summed E-state index contributed by atoms with van der Waals surface area (Å²) in [7, 11) is 0. The van der Waals surface area contributed by atoms with Crippen molar-refractivity contribution in [2.75, 3.05) is 0 Å². The molecule has 3 aromatic rings. The first-order chi connectivity index (χ1) is 8.85. The Morgan fingerprint density at radius 1 is 1.06 bits per heavy atom. The van der Waals surface area contributed by atoms with Crippen molar-refractivity contribution < 1.29 is 4.42 Å². The first-order valence-corrected chi connectivity index (χ1v) is 6.04. The van der Waals surface area contributed by atoms with Gasteiger partial charge in [-0.2, -0.15) is 0 Å². The summed E-state index contributed by atoms with van der Waals surface area (Å²) >= 11 is 0. The normalized spacial score (nSPS) is 12.2. The number of furan rings is 1. The monoisotopic (exact) mass is 234 g/mol. The van der Waals surface area contributed by atoms with Gasteiger partial charge in [0.15, 0.2) is 0 Å². The minimum atomic E-state index is 0.926. The van der Waals surface area contributed by atoms with Gasteiger partial charge in [-0.3, -0.25) is 0 Å². The average Bonchev–Trinajstić information content (AvgIpc) is 2.79. The lowest BCUT2D eigenvalue weighted by Gasteiger charge is -2.03. The molecule has 3 rings (SSSR count). The summed E-state index contributed by atoms with van der Waals surface area (Å²) in [5.41, 5.74) is 4.16. The Kier molecular flexibility index (Phi) is 2.52. The minimum Gasteiger partial charge on any atom is -0.456 e. The lowest BCUT2D eigenvalue weighted by atomic mass is 9.99. The maximum atomic E-state index is 5.87. The summed E-state index contributed by atoms with van der Waals surface area (Å²) in [5, 5.41) is 2.32. The zero-order valence-electron chi connectivity index (χ0n) is 10.3. The topological polar surface area (TPSA) is 13.1 Å². The molecule has 0 saturated carbocycles. The fourth-order valence-electron chi connectivity index (χ4n) is 2.40. The number of allylic oxidation sites excluding steroid dienone is 3. The van der Waals surface area contributed by atoms with Crippen molar-refractivity contribution in [3.63, 3.8) is 0 Å². The van der Waals surface area contributed by atoms with Crippen molar-refractivity contribution in [1.82, 2.24) is 0 Å². The van der Waals surface area contributed by atoms with E-state index in [4.69, 9.17) is 4.42 Å². The van der Waals surface area contributed by atoms with Crippen LogP contribution in [0, 0.1) is 0 Å². The molecule has 0 bridgehead atoms. The molecule has 1 aromatic heterocycles. The second-order valence-corrected chi connectivity index (χ2v) is 4.23. The lowest BCUT2D eigenvalue weighted by Crippen LogP contribution is -1.81. The third-order valence-corrected chi connectivity index (χ3v) is 3.24. The van der Waals surface area contributed by atoms with Gasteiger partial charge in [0.05, 0.1) is 0 Å². The Bertz CT molecular complexity index is 759. The van der Waals surface area contributed by atoms with E-state index >= 15 is 0 Å². The lowest BCUT2D eigenvalue weighted by molar-refractivity contribution is 0.669. The fraction of sp³-hybridized carbons (Fsp3) is 0.0588. The third kappa shape index (κ3) is 1.48. The van der Waals surface area contributed by atoms with E-state index in [1.54, 1.807) is 0 Å². The van der Waals surface area contributed by atoms with Gasteiger partial charge in [0.1, 0.15) is 11.2 Å². The molecule has 0 aliphatic heterocycles. The molecule has 0 fully saturated rings. The Hall–Kier alpha value is -2.28. The molecule has 0 aliphatic rings. The van der Waals surface area contributed by atoms with Gasteiger partial charge in [0.25, 0.3) is 0 Å². The van der Waals surface area contributed by atoms with Crippen LogP contribution in [0.25, 0.3) is 27.5 Å². The van der Waals surface area contributed by atoms with Crippen LogP contribution in [0.5, 0.6) is 0 Å². The van der Waals surface area contributed by atoms with Crippen molar-refractivity contribution in [2.24, 2.45) is 0 Å².